The van der Waals surface area contributed by atoms with Crippen molar-refractivity contribution in [1.29, 1.82) is 0 Å². The third kappa shape index (κ3) is 4.95. The maximum atomic E-state index is 8.69. The molecule has 0 radical (unpaired) electrons. The summed E-state index contributed by atoms with van der Waals surface area (Å²) in [6, 6.07) is 8.74. The van der Waals surface area contributed by atoms with E-state index in [-0.39, 0.29) is 6.61 Å². The minimum Gasteiger partial charge on any atom is -0.497 e. The van der Waals surface area contributed by atoms with Gasteiger partial charge in [0.25, 0.3) is 0 Å². The molecule has 1 saturated heterocycles. The summed E-state index contributed by atoms with van der Waals surface area (Å²) in [7, 11) is 1.71. The van der Waals surface area contributed by atoms with Crippen LogP contribution in [-0.4, -0.2) is 74.6 Å². The molecule has 22 heavy (non-hydrogen) atoms. The monoisotopic (exact) mass is 308 g/mol. The fourth-order valence-electron chi connectivity index (χ4n) is 2.85. The van der Waals surface area contributed by atoms with Gasteiger partial charge >= 0.3 is 0 Å². The summed E-state index contributed by atoms with van der Waals surface area (Å²) in [6.07, 6.45) is 0. The molecule has 1 aromatic carbocycles. The molecule has 1 aromatic rings. The van der Waals surface area contributed by atoms with Crippen molar-refractivity contribution in [2.45, 2.75) is 13.0 Å². The van der Waals surface area contributed by atoms with E-state index in [4.69, 9.17) is 14.6 Å². The second-order valence-corrected chi connectivity index (χ2v) is 5.67. The van der Waals surface area contributed by atoms with Crippen molar-refractivity contribution >= 4 is 0 Å². The van der Waals surface area contributed by atoms with E-state index in [0.29, 0.717) is 19.3 Å². The molecule has 1 aliphatic heterocycles. The molecule has 0 saturated carbocycles. The molecule has 1 atom stereocenters. The van der Waals surface area contributed by atoms with Gasteiger partial charge in [-0.25, -0.2) is 0 Å². The molecule has 1 fully saturated rings. The van der Waals surface area contributed by atoms with Gasteiger partial charge in [-0.1, -0.05) is 12.1 Å². The topological polar surface area (TPSA) is 45.2 Å². The fourth-order valence-corrected chi connectivity index (χ4v) is 2.85. The Labute approximate surface area is 133 Å². The molecule has 5 nitrogen and oxygen atoms in total. The highest BCUT2D eigenvalue weighted by Crippen LogP contribution is 2.24. The standard InChI is InChI=1S/C17H28N2O3/c1-15(16-4-3-5-17(14-16)21-2)19-8-6-18(7-9-19)10-12-22-13-11-20/h3-5,14-15,20H,6-13H2,1-2H3. The summed E-state index contributed by atoms with van der Waals surface area (Å²) in [5.41, 5.74) is 1.30. The zero-order valence-electron chi connectivity index (χ0n) is 13.7. The van der Waals surface area contributed by atoms with E-state index in [1.807, 2.05) is 6.07 Å². The molecule has 0 bridgehead atoms. The first-order valence-corrected chi connectivity index (χ1v) is 8.03. The number of benzene rings is 1. The maximum Gasteiger partial charge on any atom is 0.119 e. The predicted octanol–water partition coefficient (Wildman–Crippen LogP) is 1.38. The maximum absolute atomic E-state index is 8.69. The number of aliphatic hydroxyl groups excluding tert-OH is 1. The van der Waals surface area contributed by atoms with E-state index in [9.17, 15) is 0 Å². The van der Waals surface area contributed by atoms with Crippen molar-refractivity contribution in [2.75, 3.05) is 59.7 Å². The molecule has 1 N–H and O–H groups in total. The Balaban J connectivity index is 1.78. The number of piperazine rings is 1. The lowest BCUT2D eigenvalue weighted by molar-refractivity contribution is 0.0502. The third-order valence-corrected chi connectivity index (χ3v) is 4.32. The van der Waals surface area contributed by atoms with Gasteiger partial charge in [0.2, 0.25) is 0 Å². The van der Waals surface area contributed by atoms with Crippen molar-refractivity contribution in [3.8, 4) is 5.75 Å². The Morgan fingerprint density at radius 2 is 1.95 bits per heavy atom. The number of aliphatic hydroxyl groups is 1. The van der Waals surface area contributed by atoms with Gasteiger partial charge in [-0.3, -0.25) is 9.80 Å². The van der Waals surface area contributed by atoms with Gasteiger partial charge in [-0.15, -0.1) is 0 Å². The van der Waals surface area contributed by atoms with Crippen molar-refractivity contribution in [1.82, 2.24) is 9.80 Å². The van der Waals surface area contributed by atoms with Crippen LogP contribution in [0.2, 0.25) is 0 Å². The lowest BCUT2D eigenvalue weighted by Crippen LogP contribution is -2.47. The van der Waals surface area contributed by atoms with E-state index >= 15 is 0 Å². The first-order valence-electron chi connectivity index (χ1n) is 8.03. The number of hydrogen-bond donors (Lipinski definition) is 1. The molecule has 0 aliphatic carbocycles. The molecule has 1 aliphatic rings. The predicted molar refractivity (Wildman–Crippen MR) is 87.3 cm³/mol. The number of methoxy groups -OCH3 is 1. The molecule has 0 aromatic heterocycles. The Morgan fingerprint density at radius 1 is 1.18 bits per heavy atom. The largest absolute Gasteiger partial charge is 0.497 e. The summed E-state index contributed by atoms with van der Waals surface area (Å²) < 4.78 is 10.7. The van der Waals surface area contributed by atoms with Crippen molar-refractivity contribution in [3.63, 3.8) is 0 Å². The summed E-state index contributed by atoms with van der Waals surface area (Å²) in [5.74, 6) is 0.920. The van der Waals surface area contributed by atoms with Gasteiger partial charge in [-0.05, 0) is 24.6 Å². The highest BCUT2D eigenvalue weighted by atomic mass is 16.5. The quantitative estimate of drug-likeness (QED) is 0.735. The van der Waals surface area contributed by atoms with Gasteiger partial charge in [0, 0.05) is 38.8 Å². The smallest absolute Gasteiger partial charge is 0.119 e. The van der Waals surface area contributed by atoms with E-state index in [0.717, 1.165) is 38.5 Å². The van der Waals surface area contributed by atoms with Crippen LogP contribution in [0.25, 0.3) is 0 Å². The van der Waals surface area contributed by atoms with Gasteiger partial charge in [0.05, 0.1) is 26.9 Å². The lowest BCUT2D eigenvalue weighted by Gasteiger charge is -2.38. The number of hydrogen-bond acceptors (Lipinski definition) is 5. The minimum absolute atomic E-state index is 0.103. The zero-order valence-corrected chi connectivity index (χ0v) is 13.7. The zero-order chi connectivity index (χ0) is 15.8. The molecule has 124 valence electrons. The van der Waals surface area contributed by atoms with Crippen molar-refractivity contribution in [2.24, 2.45) is 0 Å². The average molecular weight is 308 g/mol. The first-order chi connectivity index (χ1) is 10.7. The van der Waals surface area contributed by atoms with Gasteiger partial charge < -0.3 is 14.6 Å². The van der Waals surface area contributed by atoms with Crippen LogP contribution in [0.15, 0.2) is 24.3 Å². The molecule has 1 unspecified atom stereocenters. The van der Waals surface area contributed by atoms with Crippen molar-refractivity contribution in [3.05, 3.63) is 29.8 Å². The Kier molecular flexibility index (Phi) is 7.12. The van der Waals surface area contributed by atoms with Crippen molar-refractivity contribution < 1.29 is 14.6 Å². The van der Waals surface area contributed by atoms with Gasteiger partial charge in [0.15, 0.2) is 0 Å². The highest BCUT2D eigenvalue weighted by Gasteiger charge is 2.22. The van der Waals surface area contributed by atoms with E-state index in [1.165, 1.54) is 5.56 Å². The van der Waals surface area contributed by atoms with E-state index < -0.39 is 0 Å². The lowest BCUT2D eigenvalue weighted by atomic mass is 10.1. The molecule has 0 amide bonds. The van der Waals surface area contributed by atoms with E-state index in [1.54, 1.807) is 7.11 Å². The molecule has 5 heteroatoms. The van der Waals surface area contributed by atoms with Crippen LogP contribution in [0.3, 0.4) is 0 Å². The number of rotatable bonds is 8. The SMILES string of the molecule is COc1cccc(C(C)N2CCN(CCOCCO)CC2)c1. The summed E-state index contributed by atoms with van der Waals surface area (Å²) >= 11 is 0. The third-order valence-electron chi connectivity index (χ3n) is 4.32. The van der Waals surface area contributed by atoms with Gasteiger partial charge in [0.1, 0.15) is 5.75 Å². The van der Waals surface area contributed by atoms with Crippen LogP contribution in [0, 0.1) is 0 Å². The van der Waals surface area contributed by atoms with Crippen LogP contribution in [0.1, 0.15) is 18.5 Å². The molecule has 2 rings (SSSR count). The molecule has 1 heterocycles. The molecule has 0 spiro atoms. The van der Waals surface area contributed by atoms with Crippen LogP contribution < -0.4 is 4.74 Å². The van der Waals surface area contributed by atoms with Crippen LogP contribution in [0.5, 0.6) is 5.75 Å². The van der Waals surface area contributed by atoms with Gasteiger partial charge in [-0.2, -0.15) is 0 Å². The first kappa shape index (κ1) is 17.2. The summed E-state index contributed by atoms with van der Waals surface area (Å²) in [5, 5.41) is 8.69. The van der Waals surface area contributed by atoms with Crippen LogP contribution in [-0.2, 0) is 4.74 Å². The number of ether oxygens (including phenoxy) is 2. The molecular formula is C17H28N2O3. The second-order valence-electron chi connectivity index (χ2n) is 5.67. The average Bonchev–Trinajstić information content (AvgIpc) is 2.59. The Morgan fingerprint density at radius 3 is 2.64 bits per heavy atom. The number of nitrogens with zero attached hydrogens (tertiary/aromatic N) is 2. The van der Waals surface area contributed by atoms with Crippen LogP contribution in [0.4, 0.5) is 0 Å². The highest BCUT2D eigenvalue weighted by molar-refractivity contribution is 5.30. The second kappa shape index (κ2) is 9.10. The summed E-state index contributed by atoms with van der Waals surface area (Å²) in [6.45, 7) is 8.71. The normalized spacial score (nSPS) is 18.3. The summed E-state index contributed by atoms with van der Waals surface area (Å²) in [4.78, 5) is 4.94. The minimum atomic E-state index is 0.103. The van der Waals surface area contributed by atoms with Crippen LogP contribution >= 0.6 is 0 Å². The molecular weight excluding hydrogens is 280 g/mol. The Hall–Kier alpha value is -1.14. The Bertz CT molecular complexity index is 434. The van der Waals surface area contributed by atoms with E-state index in [2.05, 4.69) is 34.9 Å². The fraction of sp³-hybridized carbons (Fsp3) is 0.647.